The van der Waals surface area contributed by atoms with E-state index in [1.54, 1.807) is 29.2 Å². The first-order valence-electron chi connectivity index (χ1n) is 5.87. The maximum Gasteiger partial charge on any atom is 0.124 e. The van der Waals surface area contributed by atoms with Gasteiger partial charge >= 0.3 is 0 Å². The van der Waals surface area contributed by atoms with Gasteiger partial charge in [-0.1, -0.05) is 18.2 Å². The topological polar surface area (TPSA) is 26.0 Å². The van der Waals surface area contributed by atoms with E-state index in [2.05, 4.69) is 17.5 Å². The molecule has 0 aliphatic rings. The Morgan fingerprint density at radius 1 is 1.16 bits per heavy atom. The van der Waals surface area contributed by atoms with Gasteiger partial charge in [0.15, 0.2) is 0 Å². The van der Waals surface area contributed by atoms with Crippen molar-refractivity contribution in [1.29, 1.82) is 0 Å². The molecule has 0 bridgehead atoms. The third-order valence-electron chi connectivity index (χ3n) is 2.92. The maximum absolute atomic E-state index is 13.2. The van der Waals surface area contributed by atoms with Crippen LogP contribution in [0.1, 0.15) is 5.56 Å². The van der Waals surface area contributed by atoms with Gasteiger partial charge in [0.05, 0.1) is 0 Å². The summed E-state index contributed by atoms with van der Waals surface area (Å²) in [6.07, 6.45) is 0. The summed E-state index contributed by atoms with van der Waals surface area (Å²) in [5, 5.41) is 3.43. The van der Waals surface area contributed by atoms with E-state index in [-0.39, 0.29) is 5.82 Å². The molecular weight excluding hydrogens is 277 g/mol. The molecule has 2 N–H and O–H groups in total. The number of halogens is 1. The van der Waals surface area contributed by atoms with E-state index < -0.39 is 0 Å². The number of rotatable bonds is 3. The van der Waals surface area contributed by atoms with Crippen LogP contribution in [0.15, 0.2) is 52.7 Å². The zero-order valence-corrected chi connectivity index (χ0v) is 11.7. The van der Waals surface area contributed by atoms with Gasteiger partial charge in [0, 0.05) is 21.0 Å². The van der Waals surface area contributed by atoms with E-state index in [1.165, 1.54) is 27.8 Å². The van der Waals surface area contributed by atoms with Crippen molar-refractivity contribution in [1.82, 2.24) is 0 Å². The molecule has 1 heterocycles. The van der Waals surface area contributed by atoms with Crippen LogP contribution in [0.25, 0.3) is 10.1 Å². The van der Waals surface area contributed by atoms with Gasteiger partial charge in [-0.3, -0.25) is 0 Å². The largest absolute Gasteiger partial charge is 0.398 e. The highest BCUT2D eigenvalue weighted by molar-refractivity contribution is 7.98. The summed E-state index contributed by atoms with van der Waals surface area (Å²) in [5.41, 5.74) is 7.76. The summed E-state index contributed by atoms with van der Waals surface area (Å²) in [6, 6.07) is 12.8. The van der Waals surface area contributed by atoms with E-state index in [0.29, 0.717) is 5.69 Å². The van der Waals surface area contributed by atoms with Crippen LogP contribution in [0, 0.1) is 5.82 Å². The summed E-state index contributed by atoms with van der Waals surface area (Å²) >= 11 is 3.31. The summed E-state index contributed by atoms with van der Waals surface area (Å²) in [4.78, 5) is 0.801. The third-order valence-corrected chi connectivity index (χ3v) is 5.05. The van der Waals surface area contributed by atoms with E-state index in [4.69, 9.17) is 5.73 Å². The Morgan fingerprint density at radius 3 is 2.89 bits per heavy atom. The number of anilines is 1. The number of hydrogen-bond acceptors (Lipinski definition) is 3. The Balaban J connectivity index is 1.84. The fraction of sp³-hybridized carbons (Fsp3) is 0.0667. The van der Waals surface area contributed by atoms with Crippen LogP contribution < -0.4 is 5.73 Å². The van der Waals surface area contributed by atoms with Crippen molar-refractivity contribution in [3.8, 4) is 0 Å². The van der Waals surface area contributed by atoms with Gasteiger partial charge in [0.1, 0.15) is 5.82 Å². The fourth-order valence-electron chi connectivity index (χ4n) is 1.93. The van der Waals surface area contributed by atoms with E-state index in [9.17, 15) is 4.39 Å². The lowest BCUT2D eigenvalue weighted by molar-refractivity contribution is 0.624. The molecule has 3 rings (SSSR count). The first-order valence-corrected chi connectivity index (χ1v) is 7.73. The first kappa shape index (κ1) is 12.5. The minimum Gasteiger partial charge on any atom is -0.398 e. The Morgan fingerprint density at radius 2 is 2.00 bits per heavy atom. The van der Waals surface area contributed by atoms with Crippen molar-refractivity contribution in [3.05, 3.63) is 59.2 Å². The SMILES string of the molecule is Nc1ccc(F)cc1SCc1csc2ccccc12. The molecule has 0 spiro atoms. The number of hydrogen-bond donors (Lipinski definition) is 1. The molecule has 2 aromatic carbocycles. The van der Waals surface area contributed by atoms with Crippen molar-refractivity contribution in [2.24, 2.45) is 0 Å². The van der Waals surface area contributed by atoms with Crippen LogP contribution in [0.2, 0.25) is 0 Å². The predicted molar refractivity (Wildman–Crippen MR) is 82.2 cm³/mol. The Bertz CT molecular complexity index is 721. The Kier molecular flexibility index (Phi) is 3.44. The molecule has 0 aliphatic carbocycles. The lowest BCUT2D eigenvalue weighted by atomic mass is 10.2. The van der Waals surface area contributed by atoms with Gasteiger partial charge < -0.3 is 5.73 Å². The monoisotopic (exact) mass is 289 g/mol. The average molecular weight is 289 g/mol. The lowest BCUT2D eigenvalue weighted by Crippen LogP contribution is -1.90. The predicted octanol–water partition coefficient (Wildman–Crippen LogP) is 4.91. The van der Waals surface area contributed by atoms with Crippen LogP contribution in [0.4, 0.5) is 10.1 Å². The summed E-state index contributed by atoms with van der Waals surface area (Å²) in [7, 11) is 0. The molecule has 4 heteroatoms. The first-order chi connectivity index (χ1) is 9.24. The van der Waals surface area contributed by atoms with Crippen LogP contribution >= 0.6 is 23.1 Å². The minimum absolute atomic E-state index is 0.244. The maximum atomic E-state index is 13.2. The molecule has 96 valence electrons. The standard InChI is InChI=1S/C15H12FNS2/c16-11-5-6-13(17)15(7-11)19-9-10-8-18-14-4-2-1-3-12(10)14/h1-8H,9,17H2. The van der Waals surface area contributed by atoms with E-state index in [0.717, 1.165) is 10.6 Å². The molecule has 0 saturated heterocycles. The van der Waals surface area contributed by atoms with Gasteiger partial charge in [-0.2, -0.15) is 0 Å². The molecule has 0 aliphatic heterocycles. The minimum atomic E-state index is -0.244. The van der Waals surface area contributed by atoms with Crippen molar-refractivity contribution >= 4 is 38.9 Å². The second kappa shape index (κ2) is 5.23. The highest BCUT2D eigenvalue weighted by Crippen LogP contribution is 2.33. The van der Waals surface area contributed by atoms with E-state index >= 15 is 0 Å². The van der Waals surface area contributed by atoms with E-state index in [1.807, 2.05) is 12.1 Å². The molecule has 0 amide bonds. The molecule has 19 heavy (non-hydrogen) atoms. The Hall–Kier alpha value is -1.52. The number of thiophene rings is 1. The second-order valence-corrected chi connectivity index (χ2v) is 6.16. The number of benzene rings is 2. The lowest BCUT2D eigenvalue weighted by Gasteiger charge is -2.05. The molecule has 1 nitrogen and oxygen atoms in total. The number of nitrogen functional groups attached to an aromatic ring is 1. The van der Waals surface area contributed by atoms with Crippen molar-refractivity contribution in [2.45, 2.75) is 10.6 Å². The van der Waals surface area contributed by atoms with Gasteiger partial charge in [-0.15, -0.1) is 23.1 Å². The molecule has 3 aromatic rings. The van der Waals surface area contributed by atoms with Gasteiger partial charge in [-0.25, -0.2) is 4.39 Å². The van der Waals surface area contributed by atoms with Gasteiger partial charge in [-0.05, 0) is 40.6 Å². The van der Waals surface area contributed by atoms with Crippen LogP contribution in [-0.4, -0.2) is 0 Å². The second-order valence-electron chi connectivity index (χ2n) is 4.23. The van der Waals surface area contributed by atoms with Crippen molar-refractivity contribution < 1.29 is 4.39 Å². The fourth-order valence-corrected chi connectivity index (χ4v) is 3.98. The van der Waals surface area contributed by atoms with Gasteiger partial charge in [0.2, 0.25) is 0 Å². The summed E-state index contributed by atoms with van der Waals surface area (Å²) < 4.78 is 14.5. The molecule has 0 fully saturated rings. The summed E-state index contributed by atoms with van der Waals surface area (Å²) in [5.74, 6) is 0.560. The van der Waals surface area contributed by atoms with Gasteiger partial charge in [0.25, 0.3) is 0 Å². The molecule has 0 atom stereocenters. The summed E-state index contributed by atoms with van der Waals surface area (Å²) in [6.45, 7) is 0. The van der Waals surface area contributed by atoms with Crippen LogP contribution in [0.5, 0.6) is 0 Å². The third kappa shape index (κ3) is 2.60. The normalized spacial score (nSPS) is 11.0. The Labute approximate surface area is 119 Å². The molecule has 0 radical (unpaired) electrons. The van der Waals surface area contributed by atoms with Crippen molar-refractivity contribution in [3.63, 3.8) is 0 Å². The highest BCUT2D eigenvalue weighted by atomic mass is 32.2. The number of thioether (sulfide) groups is 1. The quantitative estimate of drug-likeness (QED) is 0.547. The zero-order chi connectivity index (χ0) is 13.2. The zero-order valence-electron chi connectivity index (χ0n) is 10.1. The van der Waals surface area contributed by atoms with Crippen molar-refractivity contribution in [2.75, 3.05) is 5.73 Å². The molecular formula is C15H12FNS2. The highest BCUT2D eigenvalue weighted by Gasteiger charge is 2.06. The number of fused-ring (bicyclic) bond motifs is 1. The molecule has 0 saturated carbocycles. The smallest absolute Gasteiger partial charge is 0.124 e. The van der Waals surface area contributed by atoms with Crippen LogP contribution in [0.3, 0.4) is 0 Å². The molecule has 1 aromatic heterocycles. The number of nitrogens with two attached hydrogens (primary N) is 1. The molecule has 0 unspecified atom stereocenters. The van der Waals surface area contributed by atoms with Crippen LogP contribution in [-0.2, 0) is 5.75 Å². The average Bonchev–Trinajstić information content (AvgIpc) is 2.83.